The lowest BCUT2D eigenvalue weighted by Crippen LogP contribution is -2.28. The summed E-state index contributed by atoms with van der Waals surface area (Å²) in [6.07, 6.45) is 1.52. The smallest absolute Gasteiger partial charge is 0.251 e. The highest BCUT2D eigenvalue weighted by molar-refractivity contribution is 6.34. The van der Waals surface area contributed by atoms with E-state index in [9.17, 15) is 14.4 Å². The van der Waals surface area contributed by atoms with Crippen LogP contribution in [0.3, 0.4) is 0 Å². The number of carbonyl (C=O) groups is 1. The van der Waals surface area contributed by atoms with E-state index in [1.165, 1.54) is 6.07 Å². The summed E-state index contributed by atoms with van der Waals surface area (Å²) in [7, 11) is 0. The zero-order valence-electron chi connectivity index (χ0n) is 18.3. The second kappa shape index (κ2) is 10.5. The third kappa shape index (κ3) is 5.13. The summed E-state index contributed by atoms with van der Waals surface area (Å²) in [5.41, 5.74) is 8.61. The van der Waals surface area contributed by atoms with Gasteiger partial charge >= 0.3 is 0 Å². The summed E-state index contributed by atoms with van der Waals surface area (Å²) < 4.78 is 14.6. The molecule has 1 amide bonds. The summed E-state index contributed by atoms with van der Waals surface area (Å²) in [4.78, 5) is 15.1. The fourth-order valence-electron chi connectivity index (χ4n) is 3.99. The van der Waals surface area contributed by atoms with E-state index in [1.54, 1.807) is 42.5 Å². The van der Waals surface area contributed by atoms with Gasteiger partial charge in [-0.1, -0.05) is 47.1 Å². The van der Waals surface area contributed by atoms with Crippen LogP contribution in [0.1, 0.15) is 30.0 Å². The molecule has 1 atom stereocenters. The van der Waals surface area contributed by atoms with E-state index in [0.29, 0.717) is 47.4 Å². The van der Waals surface area contributed by atoms with Crippen molar-refractivity contribution in [2.45, 2.75) is 25.4 Å². The number of halogens is 2. The molecule has 0 saturated carbocycles. The third-order valence-electron chi connectivity index (χ3n) is 5.67. The molecule has 176 valence electrons. The van der Waals surface area contributed by atoms with Crippen LogP contribution in [0, 0.1) is 5.82 Å². The second-order valence-electron chi connectivity index (χ2n) is 7.93. The van der Waals surface area contributed by atoms with Crippen molar-refractivity contribution in [3.8, 4) is 0 Å². The first kappa shape index (κ1) is 23.5. The minimum absolute atomic E-state index is 0.210. The number of amidine groups is 1. The molecule has 1 unspecified atom stereocenters. The molecule has 3 aromatic carbocycles. The minimum Gasteiger partial charge on any atom is -0.409 e. The van der Waals surface area contributed by atoms with E-state index in [1.807, 2.05) is 23.1 Å². The number of hydrogen-bond donors (Lipinski definition) is 4. The Morgan fingerprint density at radius 3 is 2.71 bits per heavy atom. The molecule has 1 saturated heterocycles. The van der Waals surface area contributed by atoms with E-state index in [0.717, 1.165) is 12.0 Å². The van der Waals surface area contributed by atoms with Gasteiger partial charge < -0.3 is 26.5 Å². The summed E-state index contributed by atoms with van der Waals surface area (Å²) in [5.74, 6) is -0.406. The lowest BCUT2D eigenvalue weighted by molar-refractivity contribution is -0.117. The van der Waals surface area contributed by atoms with Crippen LogP contribution in [-0.4, -0.2) is 23.5 Å². The molecule has 0 spiro atoms. The monoisotopic (exact) mass is 481 g/mol. The Bertz CT molecular complexity index is 1220. The molecular weight excluding hydrogens is 457 g/mol. The highest BCUT2D eigenvalue weighted by Crippen LogP contribution is 2.33. The number of oxime groups is 1. The van der Waals surface area contributed by atoms with Crippen molar-refractivity contribution in [2.24, 2.45) is 10.9 Å². The number of benzene rings is 3. The molecule has 1 fully saturated rings. The maximum absolute atomic E-state index is 14.6. The summed E-state index contributed by atoms with van der Waals surface area (Å²) in [6, 6.07) is 17.5. The minimum atomic E-state index is -1.00. The van der Waals surface area contributed by atoms with Gasteiger partial charge in [-0.25, -0.2) is 4.39 Å². The first-order chi connectivity index (χ1) is 16.5. The number of amides is 1. The van der Waals surface area contributed by atoms with Gasteiger partial charge in [-0.15, -0.1) is 0 Å². The van der Waals surface area contributed by atoms with Crippen molar-refractivity contribution in [3.05, 3.63) is 88.7 Å². The number of nitrogens with zero attached hydrogens (tertiary/aromatic N) is 2. The van der Waals surface area contributed by atoms with E-state index in [-0.39, 0.29) is 5.56 Å². The zero-order valence-corrected chi connectivity index (χ0v) is 19.1. The fraction of sp³-hybridized carbons (Fsp3) is 0.200. The van der Waals surface area contributed by atoms with E-state index >= 15 is 0 Å². The first-order valence-corrected chi connectivity index (χ1v) is 11.3. The van der Waals surface area contributed by atoms with Crippen LogP contribution in [0.4, 0.5) is 21.5 Å². The third-order valence-corrected chi connectivity index (χ3v) is 5.97. The van der Waals surface area contributed by atoms with Crippen LogP contribution in [0.15, 0.2) is 71.9 Å². The molecular formula is C25H25ClFN5O2. The van der Waals surface area contributed by atoms with Gasteiger partial charge in [0.25, 0.3) is 5.91 Å². The molecule has 0 bridgehead atoms. The van der Waals surface area contributed by atoms with E-state index < -0.39 is 17.8 Å². The highest BCUT2D eigenvalue weighted by Gasteiger charge is 2.25. The van der Waals surface area contributed by atoms with Gasteiger partial charge in [-0.3, -0.25) is 4.79 Å². The van der Waals surface area contributed by atoms with Crippen molar-refractivity contribution < 1.29 is 14.4 Å². The Morgan fingerprint density at radius 2 is 1.97 bits per heavy atom. The fourth-order valence-corrected chi connectivity index (χ4v) is 4.27. The number of nitrogens with two attached hydrogens (primary N) is 1. The van der Waals surface area contributed by atoms with Crippen LogP contribution in [0.2, 0.25) is 5.02 Å². The van der Waals surface area contributed by atoms with Gasteiger partial charge in [0, 0.05) is 36.4 Å². The van der Waals surface area contributed by atoms with Gasteiger partial charge in [0.15, 0.2) is 0 Å². The molecule has 34 heavy (non-hydrogen) atoms. The lowest BCUT2D eigenvalue weighted by Gasteiger charge is -2.22. The van der Waals surface area contributed by atoms with E-state index in [2.05, 4.69) is 15.8 Å². The van der Waals surface area contributed by atoms with Gasteiger partial charge in [-0.2, -0.15) is 0 Å². The van der Waals surface area contributed by atoms with E-state index in [4.69, 9.17) is 17.3 Å². The Morgan fingerprint density at radius 1 is 1.15 bits per heavy atom. The lowest BCUT2D eigenvalue weighted by atomic mass is 10.0. The van der Waals surface area contributed by atoms with Gasteiger partial charge in [0.2, 0.25) is 0 Å². The molecule has 0 aromatic heterocycles. The van der Waals surface area contributed by atoms with Crippen LogP contribution < -0.4 is 21.3 Å². The number of hydrogen-bond acceptors (Lipinski definition) is 5. The average molecular weight is 482 g/mol. The molecule has 7 nitrogen and oxygen atoms in total. The summed E-state index contributed by atoms with van der Waals surface area (Å²) in [6.45, 7) is 1.03. The normalized spacial score (nSPS) is 15.4. The maximum atomic E-state index is 14.6. The number of anilines is 3. The number of carbonyl (C=O) groups excluding carboxylic acids is 1. The Balaban J connectivity index is 1.59. The average Bonchev–Trinajstić information content (AvgIpc) is 3.32. The quantitative estimate of drug-likeness (QED) is 0.277. The standard InChI is InChI=1S/C25H25ClFN5O2/c26-20-14-18(10-11-22(20)32-12-4-9-23(32)31-34)30-25(33)24(19-7-1-2-8-21(19)27)29-17-6-3-5-16(13-17)15-28/h1-3,5-8,10-11,13-14,24,29,34H,4,9,12,15,28H2,(H,30,33). The second-order valence-corrected chi connectivity index (χ2v) is 8.34. The zero-order chi connectivity index (χ0) is 24.1. The Hall–Kier alpha value is -3.62. The van der Waals surface area contributed by atoms with Gasteiger partial charge in [-0.05, 0) is 48.4 Å². The molecule has 3 aromatic rings. The number of nitrogens with one attached hydrogen (secondary N) is 2. The van der Waals surface area contributed by atoms with Crippen molar-refractivity contribution in [3.63, 3.8) is 0 Å². The molecule has 0 aliphatic carbocycles. The molecule has 5 N–H and O–H groups in total. The number of rotatable bonds is 7. The molecule has 4 rings (SSSR count). The molecule has 1 aliphatic heterocycles. The molecule has 0 radical (unpaired) electrons. The van der Waals surface area contributed by atoms with Gasteiger partial charge in [0.1, 0.15) is 17.7 Å². The summed E-state index contributed by atoms with van der Waals surface area (Å²) in [5, 5.41) is 18.9. The Labute approximate surface area is 202 Å². The highest BCUT2D eigenvalue weighted by atomic mass is 35.5. The molecule has 9 heteroatoms. The van der Waals surface area contributed by atoms with Crippen molar-refractivity contribution >= 4 is 40.4 Å². The molecule has 1 aliphatic rings. The first-order valence-electron chi connectivity index (χ1n) is 10.9. The Kier molecular flexibility index (Phi) is 7.30. The predicted molar refractivity (Wildman–Crippen MR) is 133 cm³/mol. The summed E-state index contributed by atoms with van der Waals surface area (Å²) >= 11 is 6.48. The van der Waals surface area contributed by atoms with Crippen LogP contribution in [0.25, 0.3) is 0 Å². The van der Waals surface area contributed by atoms with Gasteiger partial charge in [0.05, 0.1) is 10.7 Å². The predicted octanol–water partition coefficient (Wildman–Crippen LogP) is 5.12. The SMILES string of the molecule is NCc1cccc(NC(C(=O)Nc2ccc(N3CCCC3=NO)c(Cl)c2)c2ccccc2F)c1. The van der Waals surface area contributed by atoms with Crippen LogP contribution in [0.5, 0.6) is 0 Å². The van der Waals surface area contributed by atoms with Crippen LogP contribution >= 0.6 is 11.6 Å². The van der Waals surface area contributed by atoms with Crippen molar-refractivity contribution in [1.82, 2.24) is 0 Å². The maximum Gasteiger partial charge on any atom is 0.251 e. The van der Waals surface area contributed by atoms with Crippen LogP contribution in [-0.2, 0) is 11.3 Å². The van der Waals surface area contributed by atoms with Crippen molar-refractivity contribution in [2.75, 3.05) is 22.1 Å². The largest absolute Gasteiger partial charge is 0.409 e. The topological polar surface area (TPSA) is 103 Å². The van der Waals surface area contributed by atoms with Crippen molar-refractivity contribution in [1.29, 1.82) is 0 Å². The molecule has 1 heterocycles.